The minimum Gasteiger partial charge on any atom is -0.484 e. The van der Waals surface area contributed by atoms with Gasteiger partial charge < -0.3 is 14.5 Å². The van der Waals surface area contributed by atoms with E-state index in [0.717, 1.165) is 16.8 Å². The highest BCUT2D eigenvalue weighted by Crippen LogP contribution is 2.21. The zero-order valence-electron chi connectivity index (χ0n) is 13.4. The average molecular weight is 322 g/mol. The number of benzene rings is 1. The lowest BCUT2D eigenvalue weighted by Crippen LogP contribution is -2.28. The quantitative estimate of drug-likeness (QED) is 0.756. The van der Waals surface area contributed by atoms with Gasteiger partial charge in [0.25, 0.3) is 5.91 Å². The summed E-state index contributed by atoms with van der Waals surface area (Å²) in [6.07, 6.45) is 3.30. The second kappa shape index (κ2) is 7.46. The van der Waals surface area contributed by atoms with Crippen molar-refractivity contribution in [1.82, 2.24) is 10.3 Å². The molecule has 0 unspecified atom stereocenters. The molecule has 0 bridgehead atoms. The van der Waals surface area contributed by atoms with Crippen LogP contribution in [0.15, 0.2) is 65.4 Å². The molecule has 1 N–H and O–H groups in total. The average Bonchev–Trinajstić information content (AvgIpc) is 3.13. The number of ether oxygens (including phenoxy) is 1. The molecule has 3 aromatic rings. The fourth-order valence-corrected chi connectivity index (χ4v) is 2.32. The van der Waals surface area contributed by atoms with E-state index in [1.807, 2.05) is 55.5 Å². The molecular formula is C19H18N2O3. The van der Waals surface area contributed by atoms with Gasteiger partial charge in [0.2, 0.25) is 0 Å². The van der Waals surface area contributed by atoms with Gasteiger partial charge in [-0.1, -0.05) is 18.2 Å². The summed E-state index contributed by atoms with van der Waals surface area (Å²) in [5, 5.41) is 2.84. The Kier molecular flexibility index (Phi) is 4.91. The van der Waals surface area contributed by atoms with E-state index in [1.54, 1.807) is 12.5 Å². The SMILES string of the molecule is Cc1cccc(OCC(=O)NCc2cccnc2-c2ccco2)c1. The van der Waals surface area contributed by atoms with Gasteiger partial charge >= 0.3 is 0 Å². The second-order valence-electron chi connectivity index (χ2n) is 5.37. The molecule has 0 aliphatic rings. The highest BCUT2D eigenvalue weighted by atomic mass is 16.5. The van der Waals surface area contributed by atoms with Crippen LogP contribution in [0.2, 0.25) is 0 Å². The van der Waals surface area contributed by atoms with Crippen molar-refractivity contribution < 1.29 is 13.9 Å². The zero-order valence-corrected chi connectivity index (χ0v) is 13.4. The molecule has 1 amide bonds. The number of carbonyl (C=O) groups excluding carboxylic acids is 1. The third-order valence-corrected chi connectivity index (χ3v) is 3.48. The molecule has 3 rings (SSSR count). The van der Waals surface area contributed by atoms with Crippen LogP contribution >= 0.6 is 0 Å². The summed E-state index contributed by atoms with van der Waals surface area (Å²) < 4.78 is 10.9. The first-order valence-corrected chi connectivity index (χ1v) is 7.66. The van der Waals surface area contributed by atoms with E-state index in [2.05, 4.69) is 10.3 Å². The molecule has 2 aromatic heterocycles. The lowest BCUT2D eigenvalue weighted by Gasteiger charge is -2.10. The van der Waals surface area contributed by atoms with Gasteiger partial charge in [0.1, 0.15) is 11.4 Å². The van der Waals surface area contributed by atoms with E-state index in [4.69, 9.17) is 9.15 Å². The van der Waals surface area contributed by atoms with Gasteiger partial charge in [0.05, 0.1) is 6.26 Å². The first kappa shape index (κ1) is 15.8. The Labute approximate surface area is 140 Å². The summed E-state index contributed by atoms with van der Waals surface area (Å²) in [5.41, 5.74) is 2.70. The van der Waals surface area contributed by atoms with Gasteiger partial charge in [0, 0.05) is 18.3 Å². The predicted molar refractivity (Wildman–Crippen MR) is 90.5 cm³/mol. The van der Waals surface area contributed by atoms with Crippen LogP contribution in [0.1, 0.15) is 11.1 Å². The number of aryl methyl sites for hydroxylation is 1. The Morgan fingerprint density at radius 1 is 1.21 bits per heavy atom. The molecule has 0 atom stereocenters. The molecular weight excluding hydrogens is 304 g/mol. The Morgan fingerprint density at radius 2 is 2.12 bits per heavy atom. The number of amides is 1. The van der Waals surface area contributed by atoms with Gasteiger partial charge in [-0.15, -0.1) is 0 Å². The molecule has 0 saturated carbocycles. The largest absolute Gasteiger partial charge is 0.484 e. The number of hydrogen-bond acceptors (Lipinski definition) is 4. The number of aromatic nitrogens is 1. The van der Waals surface area contributed by atoms with E-state index >= 15 is 0 Å². The van der Waals surface area contributed by atoms with Crippen molar-refractivity contribution in [3.63, 3.8) is 0 Å². The van der Waals surface area contributed by atoms with E-state index < -0.39 is 0 Å². The van der Waals surface area contributed by atoms with Crippen molar-refractivity contribution in [3.05, 3.63) is 72.1 Å². The van der Waals surface area contributed by atoms with Gasteiger partial charge in [-0.05, 0) is 42.8 Å². The smallest absolute Gasteiger partial charge is 0.258 e. The maximum Gasteiger partial charge on any atom is 0.258 e. The second-order valence-corrected chi connectivity index (χ2v) is 5.37. The topological polar surface area (TPSA) is 64.4 Å². The van der Waals surface area contributed by atoms with Crippen LogP contribution in [0.3, 0.4) is 0 Å². The first-order chi connectivity index (χ1) is 11.7. The van der Waals surface area contributed by atoms with Crippen LogP contribution in [0.5, 0.6) is 5.75 Å². The molecule has 122 valence electrons. The van der Waals surface area contributed by atoms with Crippen molar-refractivity contribution in [2.45, 2.75) is 13.5 Å². The minimum atomic E-state index is -0.189. The molecule has 1 aromatic carbocycles. The third-order valence-electron chi connectivity index (χ3n) is 3.48. The fraction of sp³-hybridized carbons (Fsp3) is 0.158. The highest BCUT2D eigenvalue weighted by molar-refractivity contribution is 5.77. The monoisotopic (exact) mass is 322 g/mol. The fourth-order valence-electron chi connectivity index (χ4n) is 2.32. The third kappa shape index (κ3) is 4.01. The lowest BCUT2D eigenvalue weighted by molar-refractivity contribution is -0.123. The van der Waals surface area contributed by atoms with Gasteiger partial charge in [0.15, 0.2) is 12.4 Å². The Morgan fingerprint density at radius 3 is 2.92 bits per heavy atom. The number of furan rings is 1. The molecule has 0 saturated heterocycles. The standard InChI is InChI=1S/C19H18N2O3/c1-14-5-2-7-16(11-14)24-13-18(22)21-12-15-6-3-9-20-19(15)17-8-4-10-23-17/h2-11H,12-13H2,1H3,(H,21,22). The molecule has 0 fully saturated rings. The van der Waals surface area contributed by atoms with Gasteiger partial charge in [-0.2, -0.15) is 0 Å². The van der Waals surface area contributed by atoms with Gasteiger partial charge in [-0.3, -0.25) is 9.78 Å². The highest BCUT2D eigenvalue weighted by Gasteiger charge is 2.10. The predicted octanol–water partition coefficient (Wildman–Crippen LogP) is 3.35. The van der Waals surface area contributed by atoms with Crippen LogP contribution in [0, 0.1) is 6.92 Å². The molecule has 24 heavy (non-hydrogen) atoms. The van der Waals surface area contributed by atoms with Crippen LogP contribution < -0.4 is 10.1 Å². The number of rotatable bonds is 6. The van der Waals surface area contributed by atoms with E-state index in [1.165, 1.54) is 0 Å². The van der Waals surface area contributed by atoms with E-state index in [-0.39, 0.29) is 12.5 Å². The van der Waals surface area contributed by atoms with Crippen LogP contribution in [-0.4, -0.2) is 17.5 Å². The summed E-state index contributed by atoms with van der Waals surface area (Å²) in [4.78, 5) is 16.3. The number of nitrogens with one attached hydrogen (secondary N) is 1. The lowest BCUT2D eigenvalue weighted by atomic mass is 10.1. The van der Waals surface area contributed by atoms with Crippen molar-refractivity contribution in [2.75, 3.05) is 6.61 Å². The van der Waals surface area contributed by atoms with Crippen molar-refractivity contribution >= 4 is 5.91 Å². The van der Waals surface area contributed by atoms with Gasteiger partial charge in [-0.25, -0.2) is 0 Å². The molecule has 5 heteroatoms. The number of carbonyl (C=O) groups is 1. The number of hydrogen-bond donors (Lipinski definition) is 1. The maximum absolute atomic E-state index is 12.0. The number of nitrogens with zero attached hydrogens (tertiary/aromatic N) is 1. The molecule has 0 radical (unpaired) electrons. The Hall–Kier alpha value is -3.08. The summed E-state index contributed by atoms with van der Waals surface area (Å²) in [6, 6.07) is 15.0. The zero-order chi connectivity index (χ0) is 16.8. The van der Waals surface area contributed by atoms with E-state index in [9.17, 15) is 4.79 Å². The van der Waals surface area contributed by atoms with Crippen molar-refractivity contribution in [3.8, 4) is 17.2 Å². The Bertz CT molecular complexity index is 813. The van der Waals surface area contributed by atoms with Crippen LogP contribution in [-0.2, 0) is 11.3 Å². The van der Waals surface area contributed by atoms with Crippen LogP contribution in [0.25, 0.3) is 11.5 Å². The summed E-state index contributed by atoms with van der Waals surface area (Å²) in [7, 11) is 0. The summed E-state index contributed by atoms with van der Waals surface area (Å²) in [5.74, 6) is 1.17. The molecule has 0 aliphatic carbocycles. The molecule has 5 nitrogen and oxygen atoms in total. The summed E-state index contributed by atoms with van der Waals surface area (Å²) in [6.45, 7) is 2.31. The Balaban J connectivity index is 1.57. The van der Waals surface area contributed by atoms with Crippen molar-refractivity contribution in [1.29, 1.82) is 0 Å². The number of pyridine rings is 1. The normalized spacial score (nSPS) is 10.4. The molecule has 0 spiro atoms. The minimum absolute atomic E-state index is 0.0280. The molecule has 2 heterocycles. The molecule has 0 aliphatic heterocycles. The van der Waals surface area contributed by atoms with Crippen LogP contribution in [0.4, 0.5) is 0 Å². The first-order valence-electron chi connectivity index (χ1n) is 7.66. The summed E-state index contributed by atoms with van der Waals surface area (Å²) >= 11 is 0. The maximum atomic E-state index is 12.0. The van der Waals surface area contributed by atoms with Crippen molar-refractivity contribution in [2.24, 2.45) is 0 Å². The van der Waals surface area contributed by atoms with E-state index in [0.29, 0.717) is 18.1 Å².